The molecule has 2 amide bonds. The summed E-state index contributed by atoms with van der Waals surface area (Å²) in [6.07, 6.45) is 9.09. The first-order valence-corrected chi connectivity index (χ1v) is 9.90. The van der Waals surface area contributed by atoms with E-state index in [2.05, 4.69) is 15.2 Å². The smallest absolute Gasteiger partial charge is 0.223 e. The summed E-state index contributed by atoms with van der Waals surface area (Å²) in [5, 5.41) is 3.04. The van der Waals surface area contributed by atoms with E-state index >= 15 is 0 Å². The molecule has 1 aliphatic carbocycles. The van der Waals surface area contributed by atoms with Crippen molar-refractivity contribution in [3.63, 3.8) is 0 Å². The van der Waals surface area contributed by atoms with E-state index in [0.29, 0.717) is 24.7 Å². The second-order valence-corrected chi connectivity index (χ2v) is 7.84. The van der Waals surface area contributed by atoms with Crippen LogP contribution in [0.4, 0.5) is 0 Å². The summed E-state index contributed by atoms with van der Waals surface area (Å²) in [7, 11) is 0. The van der Waals surface area contributed by atoms with Gasteiger partial charge in [0.15, 0.2) is 0 Å². The van der Waals surface area contributed by atoms with Crippen LogP contribution in [0.5, 0.6) is 0 Å². The Labute approximate surface area is 155 Å². The van der Waals surface area contributed by atoms with Crippen LogP contribution in [0.1, 0.15) is 44.2 Å². The van der Waals surface area contributed by atoms with Gasteiger partial charge in [-0.2, -0.15) is 0 Å². The second-order valence-electron chi connectivity index (χ2n) is 7.84. The lowest BCUT2D eigenvalue weighted by Crippen LogP contribution is -2.45. The van der Waals surface area contributed by atoms with Gasteiger partial charge in [-0.15, -0.1) is 0 Å². The topological polar surface area (TPSA) is 65.5 Å². The molecule has 6 heteroatoms. The molecular formula is C20H28N4O2. The van der Waals surface area contributed by atoms with Crippen LogP contribution in [0.2, 0.25) is 0 Å². The Balaban J connectivity index is 1.25. The Hall–Kier alpha value is -1.95. The molecule has 3 heterocycles. The standard InChI is InChI=1S/C20H28N4O2/c25-14-23-11-8-19-18(23)9-12-24(19)17-6-4-15(5-7-17)20(26)22-13-16-3-1-2-10-21-16/h1-3,10,14-15,17-19H,4-9,11-13H2,(H,22,26). The fourth-order valence-electron chi connectivity index (χ4n) is 5.13. The Morgan fingerprint density at radius 1 is 1.12 bits per heavy atom. The van der Waals surface area contributed by atoms with Crippen LogP contribution < -0.4 is 5.32 Å². The molecule has 1 aromatic heterocycles. The van der Waals surface area contributed by atoms with Crippen molar-refractivity contribution in [2.24, 2.45) is 5.92 Å². The number of likely N-dealkylation sites (tertiary alicyclic amines) is 2. The maximum Gasteiger partial charge on any atom is 0.223 e. The molecule has 2 atom stereocenters. The Morgan fingerprint density at radius 3 is 2.65 bits per heavy atom. The normalized spacial score (nSPS) is 31.6. The van der Waals surface area contributed by atoms with Gasteiger partial charge in [0.2, 0.25) is 12.3 Å². The van der Waals surface area contributed by atoms with Gasteiger partial charge in [0.05, 0.1) is 12.2 Å². The van der Waals surface area contributed by atoms with E-state index in [9.17, 15) is 9.59 Å². The van der Waals surface area contributed by atoms with Crippen LogP contribution in [0.3, 0.4) is 0 Å². The van der Waals surface area contributed by atoms with Crippen molar-refractivity contribution in [1.82, 2.24) is 20.1 Å². The first-order chi connectivity index (χ1) is 12.8. The predicted octanol–water partition coefficient (Wildman–Crippen LogP) is 1.56. The first-order valence-electron chi connectivity index (χ1n) is 9.90. The van der Waals surface area contributed by atoms with Crippen molar-refractivity contribution in [1.29, 1.82) is 0 Å². The van der Waals surface area contributed by atoms with Gasteiger partial charge >= 0.3 is 0 Å². The number of nitrogens with zero attached hydrogens (tertiary/aromatic N) is 3. The molecule has 1 aromatic rings. The van der Waals surface area contributed by atoms with Gasteiger partial charge in [-0.1, -0.05) is 6.07 Å². The van der Waals surface area contributed by atoms with Crippen LogP contribution in [0.15, 0.2) is 24.4 Å². The van der Waals surface area contributed by atoms with Crippen molar-refractivity contribution in [3.8, 4) is 0 Å². The molecular weight excluding hydrogens is 328 g/mol. The number of amides is 2. The molecule has 1 saturated carbocycles. The van der Waals surface area contributed by atoms with Crippen molar-refractivity contribution < 1.29 is 9.59 Å². The molecule has 0 bridgehead atoms. The van der Waals surface area contributed by atoms with Gasteiger partial charge in [-0.3, -0.25) is 19.5 Å². The van der Waals surface area contributed by atoms with E-state index in [1.54, 1.807) is 6.20 Å². The largest absolute Gasteiger partial charge is 0.350 e. The molecule has 1 N–H and O–H groups in total. The molecule has 26 heavy (non-hydrogen) atoms. The Kier molecular flexibility index (Phi) is 5.20. The van der Waals surface area contributed by atoms with Crippen molar-refractivity contribution >= 4 is 12.3 Å². The number of rotatable bonds is 5. The lowest BCUT2D eigenvalue weighted by atomic mass is 9.84. The maximum atomic E-state index is 12.5. The SMILES string of the molecule is O=CN1CCC2C1CCN2C1CCC(C(=O)NCc2ccccn2)CC1. The molecule has 0 aromatic carbocycles. The lowest BCUT2D eigenvalue weighted by molar-refractivity contribution is -0.126. The summed E-state index contributed by atoms with van der Waals surface area (Å²) in [5.74, 6) is 0.296. The number of carbonyl (C=O) groups is 2. The highest BCUT2D eigenvalue weighted by Gasteiger charge is 2.45. The molecule has 0 radical (unpaired) electrons. The molecule has 2 unspecified atom stereocenters. The summed E-state index contributed by atoms with van der Waals surface area (Å²) < 4.78 is 0. The number of fused-ring (bicyclic) bond motifs is 1. The number of nitrogens with one attached hydrogen (secondary N) is 1. The van der Waals surface area contributed by atoms with E-state index in [1.165, 1.54) is 0 Å². The van der Waals surface area contributed by atoms with Gasteiger partial charge in [0.25, 0.3) is 0 Å². The van der Waals surface area contributed by atoms with Gasteiger partial charge in [-0.25, -0.2) is 0 Å². The van der Waals surface area contributed by atoms with Gasteiger partial charge in [0, 0.05) is 43.3 Å². The first kappa shape index (κ1) is 17.5. The molecule has 3 aliphatic rings. The zero-order chi connectivity index (χ0) is 17.9. The summed E-state index contributed by atoms with van der Waals surface area (Å²) >= 11 is 0. The highest BCUT2D eigenvalue weighted by atomic mass is 16.2. The lowest BCUT2D eigenvalue weighted by Gasteiger charge is -2.37. The van der Waals surface area contributed by atoms with Gasteiger partial charge in [-0.05, 0) is 50.7 Å². The Bertz CT molecular complexity index is 630. The predicted molar refractivity (Wildman–Crippen MR) is 98.1 cm³/mol. The highest BCUT2D eigenvalue weighted by molar-refractivity contribution is 5.78. The van der Waals surface area contributed by atoms with E-state index in [-0.39, 0.29) is 11.8 Å². The molecule has 4 rings (SSSR count). The fourth-order valence-corrected chi connectivity index (χ4v) is 5.13. The zero-order valence-electron chi connectivity index (χ0n) is 15.2. The number of hydrogen-bond acceptors (Lipinski definition) is 4. The molecule has 2 aliphatic heterocycles. The molecule has 0 spiro atoms. The molecule has 140 valence electrons. The minimum absolute atomic E-state index is 0.128. The summed E-state index contributed by atoms with van der Waals surface area (Å²) in [6, 6.07) is 7.31. The number of hydrogen-bond donors (Lipinski definition) is 1. The third kappa shape index (κ3) is 3.47. The minimum atomic E-state index is 0.128. The average molecular weight is 356 g/mol. The third-order valence-electron chi connectivity index (χ3n) is 6.50. The van der Waals surface area contributed by atoms with E-state index < -0.39 is 0 Å². The van der Waals surface area contributed by atoms with Crippen molar-refractivity contribution in [2.45, 2.75) is 63.2 Å². The van der Waals surface area contributed by atoms with E-state index in [0.717, 1.165) is 63.7 Å². The summed E-state index contributed by atoms with van der Waals surface area (Å²) in [4.78, 5) is 32.5. The van der Waals surface area contributed by atoms with Crippen molar-refractivity contribution in [2.75, 3.05) is 13.1 Å². The van der Waals surface area contributed by atoms with Crippen LogP contribution in [0, 0.1) is 5.92 Å². The number of carbonyl (C=O) groups excluding carboxylic acids is 2. The quantitative estimate of drug-likeness (QED) is 0.813. The van der Waals surface area contributed by atoms with Gasteiger partial charge in [0.1, 0.15) is 0 Å². The van der Waals surface area contributed by atoms with Gasteiger partial charge < -0.3 is 10.2 Å². The third-order valence-corrected chi connectivity index (χ3v) is 6.50. The van der Waals surface area contributed by atoms with Crippen LogP contribution in [-0.2, 0) is 16.1 Å². The van der Waals surface area contributed by atoms with Crippen LogP contribution >= 0.6 is 0 Å². The average Bonchev–Trinajstić information content (AvgIpc) is 3.29. The number of aromatic nitrogens is 1. The van der Waals surface area contributed by atoms with Crippen LogP contribution in [-0.4, -0.2) is 58.3 Å². The Morgan fingerprint density at radius 2 is 1.92 bits per heavy atom. The second kappa shape index (κ2) is 7.74. The molecule has 3 fully saturated rings. The van der Waals surface area contributed by atoms with Crippen molar-refractivity contribution in [3.05, 3.63) is 30.1 Å². The molecule has 6 nitrogen and oxygen atoms in total. The molecule has 2 saturated heterocycles. The minimum Gasteiger partial charge on any atom is -0.350 e. The monoisotopic (exact) mass is 356 g/mol. The summed E-state index contributed by atoms with van der Waals surface area (Å²) in [6.45, 7) is 2.51. The maximum absolute atomic E-state index is 12.5. The van der Waals surface area contributed by atoms with E-state index in [1.807, 2.05) is 23.1 Å². The number of pyridine rings is 1. The van der Waals surface area contributed by atoms with E-state index in [4.69, 9.17) is 0 Å². The fraction of sp³-hybridized carbons (Fsp3) is 0.650. The summed E-state index contributed by atoms with van der Waals surface area (Å²) in [5.41, 5.74) is 0.901. The highest BCUT2D eigenvalue weighted by Crippen LogP contribution is 2.37. The zero-order valence-corrected chi connectivity index (χ0v) is 15.2. The van der Waals surface area contributed by atoms with Crippen LogP contribution in [0.25, 0.3) is 0 Å².